The zero-order chi connectivity index (χ0) is 97.3. The largest absolute Gasteiger partial charge is 0.388 e. The van der Waals surface area contributed by atoms with Gasteiger partial charge in [-0.1, -0.05) is 0 Å². The summed E-state index contributed by atoms with van der Waals surface area (Å²) in [5.41, 5.74) is 47.0. The van der Waals surface area contributed by atoms with E-state index in [4.69, 9.17) is 22.9 Å². The maximum Gasteiger partial charge on any atom is 0.244 e. The minimum Gasteiger partial charge on any atom is -0.388 e. The van der Waals surface area contributed by atoms with Crippen LogP contribution in [0.2, 0.25) is 0 Å². The van der Waals surface area contributed by atoms with E-state index in [1.807, 2.05) is 132 Å². The minimum absolute atomic E-state index is 0.0437. The van der Waals surface area contributed by atoms with Gasteiger partial charge in [0.1, 0.15) is 72.7 Å². The van der Waals surface area contributed by atoms with Crippen molar-refractivity contribution in [3.05, 3.63) is 212 Å². The molecule has 16 aromatic heterocycles. The van der Waals surface area contributed by atoms with Crippen LogP contribution in [-0.2, 0) is 96.7 Å². The highest BCUT2D eigenvalue weighted by atomic mass is 16.3. The van der Waals surface area contributed by atoms with Gasteiger partial charge in [-0.15, -0.1) is 0 Å². The average Bonchev–Trinajstić information content (AvgIpc) is 1.60. The number of anilines is 12. The minimum atomic E-state index is -0.500. The monoisotopic (exact) mass is 1890 g/mol. The van der Waals surface area contributed by atoms with E-state index in [1.165, 1.54) is 0 Å². The van der Waals surface area contributed by atoms with Crippen molar-refractivity contribution in [2.24, 2.45) is 0 Å². The van der Waals surface area contributed by atoms with Crippen molar-refractivity contribution in [1.82, 2.24) is 120 Å². The first-order chi connectivity index (χ1) is 68.2. The molecule has 0 aromatic carbocycles. The van der Waals surface area contributed by atoms with Crippen LogP contribution in [0.5, 0.6) is 0 Å². The van der Waals surface area contributed by atoms with Crippen molar-refractivity contribution in [1.29, 1.82) is 0 Å². The molecule has 718 valence electrons. The first-order valence-corrected chi connectivity index (χ1v) is 47.6. The highest BCUT2D eigenvalue weighted by Crippen LogP contribution is 2.44. The Morgan fingerprint density at radius 2 is 0.574 bits per heavy atom. The molecule has 0 bridgehead atoms. The summed E-state index contributed by atoms with van der Waals surface area (Å²) in [6.45, 7) is 11.3. The van der Waals surface area contributed by atoms with Gasteiger partial charge in [-0.25, -0.2) is 39.9 Å². The Bertz CT molecular complexity index is 7210. The van der Waals surface area contributed by atoms with Gasteiger partial charge in [-0.3, -0.25) is 57.8 Å². The lowest BCUT2D eigenvalue weighted by atomic mass is 9.88. The third-order valence-corrected chi connectivity index (χ3v) is 27.7. The first-order valence-electron chi connectivity index (χ1n) is 47.6. The van der Waals surface area contributed by atoms with Gasteiger partial charge in [0.25, 0.3) is 0 Å². The lowest BCUT2D eigenvalue weighted by Gasteiger charge is -2.24. The summed E-state index contributed by atoms with van der Waals surface area (Å²) in [5, 5.41) is 88.5. The number of fused-ring (bicyclic) bond motifs is 12. The van der Waals surface area contributed by atoms with Crippen LogP contribution in [0.4, 0.5) is 69.8 Å². The number of aryl methyl sites for hydroxylation is 4. The molecule has 19 N–H and O–H groups in total. The predicted octanol–water partition coefficient (Wildman–Crippen LogP) is 10.6. The molecule has 4 aliphatic carbocycles. The van der Waals surface area contributed by atoms with Crippen LogP contribution in [0, 0.1) is 27.7 Å². The molecule has 4 atom stereocenters. The number of hydrogen-bond donors (Lipinski definition) is 15. The summed E-state index contributed by atoms with van der Waals surface area (Å²) < 4.78 is 6.89. The molecule has 20 heterocycles. The average molecular weight is 1900 g/mol. The smallest absolute Gasteiger partial charge is 0.244 e. The van der Waals surface area contributed by atoms with Gasteiger partial charge in [-0.05, 0) is 197 Å². The number of carbonyl (C=O) groups is 4. The molecule has 0 saturated heterocycles. The molecule has 0 radical (unpaired) electrons. The van der Waals surface area contributed by atoms with Gasteiger partial charge in [-0.2, -0.15) is 20.4 Å². The second kappa shape index (κ2) is 37.9. The number of nitrogens with two attached hydrogens (primary N) is 4. The molecule has 24 rings (SSSR count). The van der Waals surface area contributed by atoms with Crippen LogP contribution >= 0.6 is 0 Å². The van der Waals surface area contributed by atoms with Crippen LogP contribution in [0.1, 0.15) is 166 Å². The van der Waals surface area contributed by atoms with Crippen molar-refractivity contribution < 1.29 is 39.6 Å². The van der Waals surface area contributed by atoms with E-state index in [9.17, 15) is 39.6 Å². The van der Waals surface area contributed by atoms with E-state index in [0.29, 0.717) is 119 Å². The number of nitrogens with zero attached hydrogens (tertiary/aromatic N) is 21. The number of likely N-dealkylation sites (N-methyl/N-ethyl adjacent to an activating group) is 1. The van der Waals surface area contributed by atoms with E-state index in [-0.39, 0.29) is 49.8 Å². The lowest BCUT2D eigenvalue weighted by molar-refractivity contribution is -0.130. The Balaban J connectivity index is 0.000000111. The summed E-state index contributed by atoms with van der Waals surface area (Å²) in [4.78, 5) is 104. The number of hydrogen-bond acceptors (Lipinski definition) is 32. The molecule has 8 aliphatic rings. The van der Waals surface area contributed by atoms with Crippen LogP contribution in [0.3, 0.4) is 0 Å². The van der Waals surface area contributed by atoms with Gasteiger partial charge in [0.2, 0.25) is 23.6 Å². The number of amides is 4. The van der Waals surface area contributed by atoms with E-state index in [2.05, 4.69) is 117 Å². The molecule has 0 spiro atoms. The number of nitrogens with one attached hydrogen (secondary N) is 7. The maximum atomic E-state index is 12.2. The van der Waals surface area contributed by atoms with Crippen molar-refractivity contribution in [3.8, 4) is 45.0 Å². The summed E-state index contributed by atoms with van der Waals surface area (Å²) in [6.07, 6.45) is 25.3. The molecule has 4 amide bonds. The lowest BCUT2D eigenvalue weighted by Crippen LogP contribution is -2.29. The van der Waals surface area contributed by atoms with Crippen LogP contribution in [0.15, 0.2) is 122 Å². The quantitative estimate of drug-likeness (QED) is 0.0540. The van der Waals surface area contributed by atoms with E-state index >= 15 is 0 Å². The molecule has 2 unspecified atom stereocenters. The zero-order valence-corrected chi connectivity index (χ0v) is 78.4. The van der Waals surface area contributed by atoms with Gasteiger partial charge >= 0.3 is 0 Å². The zero-order valence-electron chi connectivity index (χ0n) is 78.4. The molecular weight excluding hydrogens is 1790 g/mol. The SMILES string of the molecule is Cc1c(-c2cc3cc(Nc4cc5n(n4)CC(=O)N(C)CC5)ncc3c(N)n2)cnc2c1C(O)CCC2.Cc1c(-c2cc3cc(Nc4cc5n(n4)CC(=O)NCC5)ncc3c(N)n2)cnc2c1C(O)CCC2.Cc1c(-c2cc3cc(Nc4cc5n(n4)CC(=O)NCC5)ncc3c(N)n2)cnc2c1[C@@H](O)CCC2.Cc1c(-c2cc3cc(Nc4cc5n(n4)CC(=O)NCC5)ncc3c(N)n2)cnc2c1[C@H](O)CCC2. The molecule has 0 saturated carbocycles. The van der Waals surface area contributed by atoms with Crippen molar-refractivity contribution >= 4 is 137 Å². The number of aliphatic hydroxyl groups is 4. The highest BCUT2D eigenvalue weighted by Gasteiger charge is 2.32. The summed E-state index contributed by atoms with van der Waals surface area (Å²) in [5.74, 6) is 6.44. The van der Waals surface area contributed by atoms with Crippen molar-refractivity contribution in [2.45, 2.75) is 181 Å². The maximum absolute atomic E-state index is 12.2. The first kappa shape index (κ1) is 91.2. The standard InChI is InChI=1S/C26H28N8O2.3C25H26N8O2/c1-14-17(11-28-19-4-3-5-21(35)25(14)19)20-8-15-9-22(29-12-18(15)26(27)30-20)31-23-10-16-6-7-33(2)24(36)13-34(16)32-23;3*1-13-16(10-28-18-3-2-4-20(34)24(13)18)19-7-14-8-21(29-11-17(14)25(26)30-19)31-22-9-15-5-6-27-23(35)12-33(15)32-22/h8-12,21,35H,3-7,13H2,1-2H3,(H2,27,30)(H,29,31,32);3*7-11,20,34H,2-6,12H2,1H3,(H2,26,30)(H,27,35)(H,29,31,32)/t;2*20-;/m.10./s1. The number of nitrogen functional groups attached to an aromatic ring is 4. The number of pyridine rings is 12. The normalized spacial score (nSPS) is 17.5. The fourth-order valence-electron chi connectivity index (χ4n) is 20.4. The second-order valence-electron chi connectivity index (χ2n) is 37.1. The molecule has 16 aromatic rings. The van der Waals surface area contributed by atoms with E-state index < -0.39 is 24.4 Å². The van der Waals surface area contributed by atoms with Gasteiger partial charge < -0.3 is 85.5 Å². The number of rotatable bonds is 12. The summed E-state index contributed by atoms with van der Waals surface area (Å²) in [6, 6.07) is 23.3. The molecule has 40 heteroatoms. The van der Waals surface area contributed by atoms with Crippen molar-refractivity contribution in [2.75, 3.05) is 77.4 Å². The third-order valence-electron chi connectivity index (χ3n) is 27.7. The Labute approximate surface area is 807 Å². The molecule has 40 nitrogen and oxygen atoms in total. The number of carbonyl (C=O) groups excluding carboxylic acids is 4. The van der Waals surface area contributed by atoms with E-state index in [1.54, 1.807) is 48.4 Å². The van der Waals surface area contributed by atoms with Gasteiger partial charge in [0.15, 0.2) is 23.3 Å². The molecule has 0 fully saturated rings. The topological polar surface area (TPSA) is 567 Å². The molecule has 4 aliphatic heterocycles. The van der Waals surface area contributed by atoms with Crippen LogP contribution < -0.4 is 60.2 Å². The fraction of sp³-hybridized carbons (Fsp3) is 0.327. The Kier molecular flexibility index (Phi) is 24.6. The van der Waals surface area contributed by atoms with Crippen molar-refractivity contribution in [3.63, 3.8) is 0 Å². The van der Waals surface area contributed by atoms with Gasteiger partial charge in [0, 0.05) is 244 Å². The van der Waals surface area contributed by atoms with Crippen LogP contribution in [-0.4, -0.2) is 181 Å². The Morgan fingerprint density at radius 3 is 0.844 bits per heavy atom. The summed E-state index contributed by atoms with van der Waals surface area (Å²) in [7, 11) is 1.81. The summed E-state index contributed by atoms with van der Waals surface area (Å²) >= 11 is 0. The fourth-order valence-corrected chi connectivity index (χ4v) is 20.4. The van der Waals surface area contributed by atoms with Gasteiger partial charge in [0.05, 0.1) is 47.2 Å². The number of aliphatic hydroxyl groups excluding tert-OH is 4. The number of aromatic nitrogens is 20. The molecule has 141 heavy (non-hydrogen) atoms. The molecular formula is C101H106N32O8. The highest BCUT2D eigenvalue weighted by molar-refractivity contribution is 5.99. The Hall–Kier alpha value is -16.2. The Morgan fingerprint density at radius 1 is 0.319 bits per heavy atom. The van der Waals surface area contributed by atoms with Crippen LogP contribution in [0.25, 0.3) is 88.1 Å². The third kappa shape index (κ3) is 18.5. The predicted molar refractivity (Wildman–Crippen MR) is 533 cm³/mol. The second-order valence-corrected chi connectivity index (χ2v) is 37.1. The van der Waals surface area contributed by atoms with E-state index in [0.717, 1.165) is 258 Å².